The summed E-state index contributed by atoms with van der Waals surface area (Å²) in [7, 11) is 0. The summed E-state index contributed by atoms with van der Waals surface area (Å²) < 4.78 is 0. The third kappa shape index (κ3) is 3.21. The molecule has 0 N–H and O–H groups in total. The van der Waals surface area contributed by atoms with E-state index in [0.29, 0.717) is 16.7 Å². The van der Waals surface area contributed by atoms with Crippen molar-refractivity contribution in [3.8, 4) is 0 Å². The summed E-state index contributed by atoms with van der Waals surface area (Å²) in [5.74, 6) is 7.61. The Labute approximate surface area is 203 Å². The first kappa shape index (κ1) is 21.3. The molecule has 0 saturated heterocycles. The Morgan fingerprint density at radius 1 is 0.727 bits per heavy atom. The van der Waals surface area contributed by atoms with Gasteiger partial charge in [0.25, 0.3) is 0 Å². The van der Waals surface area contributed by atoms with Gasteiger partial charge in [-0.1, -0.05) is 44.2 Å². The van der Waals surface area contributed by atoms with Crippen LogP contribution in [0.5, 0.6) is 0 Å². The lowest BCUT2D eigenvalue weighted by Crippen LogP contribution is -2.57. The van der Waals surface area contributed by atoms with Crippen LogP contribution in [0.15, 0.2) is 24.8 Å². The first-order chi connectivity index (χ1) is 15.8. The predicted octanol–water partition coefficient (Wildman–Crippen LogP) is 9.36. The second-order valence-electron chi connectivity index (χ2n) is 14.8. The van der Waals surface area contributed by atoms with E-state index < -0.39 is 0 Å². The van der Waals surface area contributed by atoms with Crippen LogP contribution in [0.4, 0.5) is 0 Å². The van der Waals surface area contributed by atoms with Crippen molar-refractivity contribution < 1.29 is 0 Å². The van der Waals surface area contributed by atoms with Crippen molar-refractivity contribution in [2.75, 3.05) is 0 Å². The van der Waals surface area contributed by atoms with Gasteiger partial charge in [0.1, 0.15) is 0 Å². The third-order valence-corrected chi connectivity index (χ3v) is 11.9. The zero-order valence-corrected chi connectivity index (χ0v) is 21.5. The third-order valence-electron chi connectivity index (χ3n) is 11.9. The van der Waals surface area contributed by atoms with Crippen molar-refractivity contribution in [1.82, 2.24) is 0 Å². The van der Waals surface area contributed by atoms with Gasteiger partial charge in [0, 0.05) is 0 Å². The smallest absolute Gasteiger partial charge is 0.00420 e. The van der Waals surface area contributed by atoms with Crippen LogP contribution in [0.3, 0.4) is 0 Å². The molecule has 0 amide bonds. The summed E-state index contributed by atoms with van der Waals surface area (Å²) in [6, 6.07) is 7.63. The van der Waals surface area contributed by atoms with Crippen molar-refractivity contribution in [3.63, 3.8) is 0 Å². The Kier molecular flexibility index (Phi) is 4.66. The minimum atomic E-state index is 0.584. The molecule has 8 aliphatic carbocycles. The first-order valence-corrected chi connectivity index (χ1v) is 14.6. The number of hydrogen-bond donors (Lipinski definition) is 0. The normalized spacial score (nSPS) is 45.7. The number of hydrogen-bond acceptors (Lipinski definition) is 0. The number of allylic oxidation sites excluding steroid dienone is 1. The lowest BCUT2D eigenvalue weighted by molar-refractivity contribution is -0.144. The highest BCUT2D eigenvalue weighted by Gasteiger charge is 2.63. The van der Waals surface area contributed by atoms with Gasteiger partial charge in [-0.3, -0.25) is 0 Å². The fourth-order valence-corrected chi connectivity index (χ4v) is 11.9. The van der Waals surface area contributed by atoms with Crippen molar-refractivity contribution >= 4 is 5.57 Å². The largest absolute Gasteiger partial charge is 0.0955 e. The maximum Gasteiger partial charge on any atom is -0.00420 e. The van der Waals surface area contributed by atoms with Crippen molar-refractivity contribution in [1.29, 1.82) is 0 Å². The second-order valence-corrected chi connectivity index (χ2v) is 14.8. The fourth-order valence-electron chi connectivity index (χ4n) is 11.9. The monoisotopic (exact) mass is 442 g/mol. The summed E-state index contributed by atoms with van der Waals surface area (Å²) in [4.78, 5) is 0. The molecule has 178 valence electrons. The topological polar surface area (TPSA) is 0 Å². The highest BCUT2D eigenvalue weighted by molar-refractivity contribution is 5.66. The molecule has 1 aromatic carbocycles. The van der Waals surface area contributed by atoms with Gasteiger partial charge in [-0.05, 0) is 159 Å². The Morgan fingerprint density at radius 2 is 1.12 bits per heavy atom. The molecule has 33 heavy (non-hydrogen) atoms. The SMILES string of the molecule is C=C(C)c1ccc(C(C)C)cc1C(C12CC3CC(CC(C3)C1)C2)C12CC3CC(CC(C3)C1)C2. The Hall–Kier alpha value is -1.04. The molecular weight excluding hydrogens is 396 g/mol. The highest BCUT2D eigenvalue weighted by atomic mass is 14.7. The minimum absolute atomic E-state index is 0.584. The average molecular weight is 443 g/mol. The van der Waals surface area contributed by atoms with Crippen LogP contribution in [-0.4, -0.2) is 0 Å². The summed E-state index contributed by atoms with van der Waals surface area (Å²) >= 11 is 0. The summed E-state index contributed by atoms with van der Waals surface area (Å²) in [6.07, 6.45) is 18.7. The van der Waals surface area contributed by atoms with E-state index in [1.807, 2.05) is 0 Å². The molecular formula is C33H46. The van der Waals surface area contributed by atoms with Gasteiger partial charge in [0.2, 0.25) is 0 Å². The van der Waals surface area contributed by atoms with Gasteiger partial charge in [0.15, 0.2) is 0 Å². The van der Waals surface area contributed by atoms with E-state index in [4.69, 9.17) is 0 Å². The Balaban J connectivity index is 1.43. The van der Waals surface area contributed by atoms with Gasteiger partial charge in [-0.25, -0.2) is 0 Å². The maximum absolute atomic E-state index is 4.54. The summed E-state index contributed by atoms with van der Waals surface area (Å²) in [6.45, 7) is 11.6. The average Bonchev–Trinajstić information content (AvgIpc) is 2.71. The maximum atomic E-state index is 4.54. The molecule has 8 saturated carbocycles. The highest BCUT2D eigenvalue weighted by Crippen LogP contribution is 2.74. The molecule has 8 fully saturated rings. The molecule has 9 rings (SSSR count). The van der Waals surface area contributed by atoms with Gasteiger partial charge < -0.3 is 0 Å². The van der Waals surface area contributed by atoms with Crippen LogP contribution in [0.2, 0.25) is 0 Å². The zero-order chi connectivity index (χ0) is 22.5. The molecule has 0 aromatic heterocycles. The molecule has 0 unspecified atom stereocenters. The van der Waals surface area contributed by atoms with Gasteiger partial charge in [-0.15, -0.1) is 0 Å². The van der Waals surface area contributed by atoms with Crippen LogP contribution < -0.4 is 0 Å². The summed E-state index contributed by atoms with van der Waals surface area (Å²) in [5, 5.41) is 0. The van der Waals surface area contributed by atoms with Crippen molar-refractivity contribution in [2.24, 2.45) is 46.3 Å². The fraction of sp³-hybridized carbons (Fsp3) is 0.758. The van der Waals surface area contributed by atoms with E-state index in [-0.39, 0.29) is 0 Å². The van der Waals surface area contributed by atoms with E-state index in [1.54, 1.807) is 88.2 Å². The standard InChI is InChI=1S/C33H46/c1-20(2)28-5-6-29(21(3)4)30(13-28)31(32-14-22-7-23(15-32)9-24(8-22)16-32)33-17-25-10-26(18-33)12-27(11-25)19-33/h5-6,13,20,22-27,31H,3,7-12,14-19H2,1-2,4H3. The van der Waals surface area contributed by atoms with Gasteiger partial charge in [-0.2, -0.15) is 0 Å². The molecule has 1 aromatic rings. The van der Waals surface area contributed by atoms with Gasteiger partial charge in [0.05, 0.1) is 0 Å². The number of rotatable bonds is 5. The van der Waals surface area contributed by atoms with E-state index in [2.05, 4.69) is 45.5 Å². The molecule has 0 radical (unpaired) electrons. The van der Waals surface area contributed by atoms with Gasteiger partial charge >= 0.3 is 0 Å². The molecule has 0 atom stereocenters. The Morgan fingerprint density at radius 3 is 1.45 bits per heavy atom. The van der Waals surface area contributed by atoms with Crippen LogP contribution in [0, 0.1) is 46.3 Å². The zero-order valence-electron chi connectivity index (χ0n) is 21.5. The quantitative estimate of drug-likeness (QED) is 0.426. The molecule has 8 bridgehead atoms. The molecule has 0 spiro atoms. The molecule has 0 heteroatoms. The Bertz CT molecular complexity index is 846. The van der Waals surface area contributed by atoms with Crippen molar-refractivity contribution in [2.45, 2.75) is 110 Å². The first-order valence-electron chi connectivity index (χ1n) is 14.6. The van der Waals surface area contributed by atoms with Crippen LogP contribution in [0.1, 0.15) is 126 Å². The number of benzene rings is 1. The van der Waals surface area contributed by atoms with Crippen LogP contribution in [0.25, 0.3) is 5.57 Å². The van der Waals surface area contributed by atoms with Crippen LogP contribution in [-0.2, 0) is 0 Å². The van der Waals surface area contributed by atoms with E-state index in [9.17, 15) is 0 Å². The predicted molar refractivity (Wildman–Crippen MR) is 139 cm³/mol. The lowest BCUT2D eigenvalue weighted by atomic mass is 9.37. The second kappa shape index (κ2) is 7.24. The van der Waals surface area contributed by atoms with E-state index in [0.717, 1.165) is 41.4 Å². The molecule has 8 aliphatic rings. The molecule has 0 heterocycles. The van der Waals surface area contributed by atoms with E-state index >= 15 is 0 Å². The molecule has 0 aliphatic heterocycles. The van der Waals surface area contributed by atoms with Crippen molar-refractivity contribution in [3.05, 3.63) is 41.5 Å². The minimum Gasteiger partial charge on any atom is -0.0955 e. The van der Waals surface area contributed by atoms with Crippen LogP contribution >= 0.6 is 0 Å². The lowest BCUT2D eigenvalue weighted by Gasteiger charge is -2.67. The van der Waals surface area contributed by atoms with E-state index in [1.165, 1.54) is 11.1 Å². The molecule has 0 nitrogen and oxygen atoms in total. The summed E-state index contributed by atoms with van der Waals surface area (Å²) in [5.41, 5.74) is 7.32.